The van der Waals surface area contributed by atoms with Crippen LogP contribution in [0.15, 0.2) is 17.5 Å². The monoisotopic (exact) mass is 145 g/mol. The van der Waals surface area contributed by atoms with Crippen LogP contribution in [0, 0.1) is 0 Å². The Morgan fingerprint density at radius 2 is 2.56 bits per heavy atom. The highest BCUT2D eigenvalue weighted by Gasteiger charge is 2.03. The van der Waals surface area contributed by atoms with Gasteiger partial charge in [-0.15, -0.1) is 11.3 Å². The Morgan fingerprint density at radius 3 is 3.00 bits per heavy atom. The lowest BCUT2D eigenvalue weighted by Crippen LogP contribution is -2.09. The van der Waals surface area contributed by atoms with Crippen molar-refractivity contribution < 1.29 is 4.39 Å². The lowest BCUT2D eigenvalue weighted by atomic mass is 10.3. The zero-order chi connectivity index (χ0) is 6.69. The quantitative estimate of drug-likeness (QED) is 0.673. The van der Waals surface area contributed by atoms with E-state index >= 15 is 0 Å². The summed E-state index contributed by atoms with van der Waals surface area (Å²) in [6, 6.07) is 3.30. The van der Waals surface area contributed by atoms with Crippen molar-refractivity contribution in [3.8, 4) is 0 Å². The van der Waals surface area contributed by atoms with Gasteiger partial charge in [-0.05, 0) is 11.4 Å². The van der Waals surface area contributed by atoms with Gasteiger partial charge in [-0.25, -0.2) is 4.39 Å². The zero-order valence-electron chi connectivity index (χ0n) is 4.88. The van der Waals surface area contributed by atoms with Crippen molar-refractivity contribution in [1.29, 1.82) is 0 Å². The van der Waals surface area contributed by atoms with E-state index in [0.717, 1.165) is 4.88 Å². The molecule has 0 fully saturated rings. The van der Waals surface area contributed by atoms with Crippen molar-refractivity contribution in [2.45, 2.75) is 6.04 Å². The van der Waals surface area contributed by atoms with Gasteiger partial charge in [0.15, 0.2) is 0 Å². The van der Waals surface area contributed by atoms with Gasteiger partial charge in [-0.3, -0.25) is 0 Å². The van der Waals surface area contributed by atoms with Crippen molar-refractivity contribution in [3.05, 3.63) is 22.4 Å². The van der Waals surface area contributed by atoms with Crippen molar-refractivity contribution in [2.75, 3.05) is 6.67 Å². The molecule has 0 bridgehead atoms. The van der Waals surface area contributed by atoms with E-state index in [1.807, 2.05) is 17.5 Å². The molecule has 0 aliphatic carbocycles. The molecule has 0 aromatic carbocycles. The average Bonchev–Trinajstić information content (AvgIpc) is 2.37. The van der Waals surface area contributed by atoms with Gasteiger partial charge in [-0.1, -0.05) is 6.07 Å². The maximum Gasteiger partial charge on any atom is 0.109 e. The molecule has 0 aliphatic rings. The topological polar surface area (TPSA) is 26.0 Å². The predicted octanol–water partition coefficient (Wildman–Crippen LogP) is 1.72. The Hall–Kier alpha value is -0.410. The molecule has 1 aromatic rings. The fourth-order valence-corrected chi connectivity index (χ4v) is 1.29. The molecule has 0 amide bonds. The van der Waals surface area contributed by atoms with Crippen molar-refractivity contribution >= 4 is 11.3 Å². The predicted molar refractivity (Wildman–Crippen MR) is 37.2 cm³/mol. The van der Waals surface area contributed by atoms with Crippen LogP contribution in [0.4, 0.5) is 4.39 Å². The summed E-state index contributed by atoms with van der Waals surface area (Å²) >= 11 is 1.49. The van der Waals surface area contributed by atoms with Crippen molar-refractivity contribution in [1.82, 2.24) is 0 Å². The first kappa shape index (κ1) is 6.71. The molecule has 1 heterocycles. The van der Waals surface area contributed by atoms with Gasteiger partial charge in [0.05, 0.1) is 6.04 Å². The lowest BCUT2D eigenvalue weighted by Gasteiger charge is -2.00. The van der Waals surface area contributed by atoms with Gasteiger partial charge in [-0.2, -0.15) is 0 Å². The Balaban J connectivity index is 2.65. The first-order chi connectivity index (χ1) is 4.34. The molecule has 0 aliphatic heterocycles. The van der Waals surface area contributed by atoms with Crippen LogP contribution in [0.1, 0.15) is 10.9 Å². The van der Waals surface area contributed by atoms with Gasteiger partial charge < -0.3 is 5.73 Å². The fourth-order valence-electron chi connectivity index (χ4n) is 0.578. The van der Waals surface area contributed by atoms with Gasteiger partial charge >= 0.3 is 0 Å². The van der Waals surface area contributed by atoms with Crippen LogP contribution >= 0.6 is 11.3 Å². The van der Waals surface area contributed by atoms with E-state index in [1.165, 1.54) is 11.3 Å². The van der Waals surface area contributed by atoms with Crippen LogP contribution in [-0.4, -0.2) is 6.67 Å². The first-order valence-corrected chi connectivity index (χ1v) is 3.57. The number of hydrogen-bond acceptors (Lipinski definition) is 2. The molecule has 0 saturated carbocycles. The first-order valence-electron chi connectivity index (χ1n) is 2.69. The summed E-state index contributed by atoms with van der Waals surface area (Å²) in [5.74, 6) is 0. The molecule has 1 rings (SSSR count). The molecule has 0 saturated heterocycles. The van der Waals surface area contributed by atoms with E-state index in [2.05, 4.69) is 0 Å². The number of rotatable bonds is 2. The Morgan fingerprint density at radius 1 is 1.78 bits per heavy atom. The molecule has 9 heavy (non-hydrogen) atoms. The zero-order valence-corrected chi connectivity index (χ0v) is 5.70. The molecular formula is C6H8FNS. The fraction of sp³-hybridized carbons (Fsp3) is 0.333. The highest BCUT2D eigenvalue weighted by molar-refractivity contribution is 7.10. The maximum absolute atomic E-state index is 11.8. The van der Waals surface area contributed by atoms with Crippen LogP contribution in [-0.2, 0) is 0 Å². The molecule has 0 radical (unpaired) electrons. The summed E-state index contributed by atoms with van der Waals surface area (Å²) in [5.41, 5.74) is 5.37. The molecule has 1 unspecified atom stereocenters. The van der Waals surface area contributed by atoms with E-state index in [1.54, 1.807) is 0 Å². The second kappa shape index (κ2) is 2.94. The molecule has 1 atom stereocenters. The van der Waals surface area contributed by atoms with Crippen molar-refractivity contribution in [3.63, 3.8) is 0 Å². The third kappa shape index (κ3) is 1.50. The third-order valence-corrected chi connectivity index (χ3v) is 2.08. The summed E-state index contributed by atoms with van der Waals surface area (Å²) in [4.78, 5) is 0.914. The lowest BCUT2D eigenvalue weighted by molar-refractivity contribution is 0.440. The molecule has 0 spiro atoms. The standard InChI is InChI=1S/C6H8FNS/c7-4-5(8)6-2-1-3-9-6/h1-3,5H,4,8H2. The molecule has 50 valence electrons. The summed E-state index contributed by atoms with van der Waals surface area (Å²) in [6.45, 7) is -0.472. The number of nitrogens with two attached hydrogens (primary N) is 1. The van der Waals surface area contributed by atoms with E-state index < -0.39 is 12.7 Å². The van der Waals surface area contributed by atoms with Crippen LogP contribution in [0.5, 0.6) is 0 Å². The Kier molecular flexibility index (Phi) is 2.19. The molecule has 1 aromatic heterocycles. The minimum atomic E-state index is -0.472. The maximum atomic E-state index is 11.8. The van der Waals surface area contributed by atoms with Gasteiger partial charge in [0, 0.05) is 4.88 Å². The molecule has 1 nitrogen and oxygen atoms in total. The van der Waals surface area contributed by atoms with Crippen LogP contribution in [0.3, 0.4) is 0 Å². The minimum absolute atomic E-state index is 0.412. The Bertz CT molecular complexity index is 162. The summed E-state index contributed by atoms with van der Waals surface area (Å²) in [6.07, 6.45) is 0. The van der Waals surface area contributed by atoms with E-state index in [4.69, 9.17) is 5.73 Å². The largest absolute Gasteiger partial charge is 0.321 e. The number of hydrogen-bond donors (Lipinski definition) is 1. The van der Waals surface area contributed by atoms with Crippen LogP contribution in [0.2, 0.25) is 0 Å². The van der Waals surface area contributed by atoms with E-state index in [0.29, 0.717) is 0 Å². The normalized spacial score (nSPS) is 13.6. The molecular weight excluding hydrogens is 137 g/mol. The number of alkyl halides is 1. The second-order valence-corrected chi connectivity index (χ2v) is 2.76. The summed E-state index contributed by atoms with van der Waals surface area (Å²) in [7, 11) is 0. The van der Waals surface area contributed by atoms with Gasteiger partial charge in [0.2, 0.25) is 0 Å². The van der Waals surface area contributed by atoms with Gasteiger partial charge in [0.1, 0.15) is 6.67 Å². The van der Waals surface area contributed by atoms with Crippen molar-refractivity contribution in [2.24, 2.45) is 5.73 Å². The van der Waals surface area contributed by atoms with Crippen LogP contribution in [0.25, 0.3) is 0 Å². The molecule has 3 heteroatoms. The average molecular weight is 145 g/mol. The third-order valence-electron chi connectivity index (χ3n) is 1.07. The SMILES string of the molecule is NC(CF)c1cccs1. The van der Waals surface area contributed by atoms with E-state index in [-0.39, 0.29) is 0 Å². The summed E-state index contributed by atoms with van der Waals surface area (Å²) in [5, 5.41) is 1.89. The second-order valence-electron chi connectivity index (χ2n) is 1.78. The number of halogens is 1. The van der Waals surface area contributed by atoms with Crippen LogP contribution < -0.4 is 5.73 Å². The minimum Gasteiger partial charge on any atom is -0.321 e. The summed E-state index contributed by atoms with van der Waals surface area (Å²) < 4.78 is 11.8. The van der Waals surface area contributed by atoms with E-state index in [9.17, 15) is 4.39 Å². The Labute approximate surface area is 57.3 Å². The number of thiophene rings is 1. The smallest absolute Gasteiger partial charge is 0.109 e. The highest BCUT2D eigenvalue weighted by atomic mass is 32.1. The highest BCUT2D eigenvalue weighted by Crippen LogP contribution is 2.16. The molecule has 2 N–H and O–H groups in total. The van der Waals surface area contributed by atoms with Gasteiger partial charge in [0.25, 0.3) is 0 Å².